The van der Waals surface area contributed by atoms with Crippen LogP contribution in [0.5, 0.6) is 17.2 Å². The number of nitrogens with zero attached hydrogens (tertiary/aromatic N) is 4. The minimum atomic E-state index is -3.74. The summed E-state index contributed by atoms with van der Waals surface area (Å²) in [6.45, 7) is 1.28. The molecule has 0 saturated carbocycles. The molecule has 1 aliphatic heterocycles. The van der Waals surface area contributed by atoms with E-state index < -0.39 is 15.8 Å². The lowest BCUT2D eigenvalue weighted by molar-refractivity contribution is 0.289. The molecule has 0 fully saturated rings. The van der Waals surface area contributed by atoms with E-state index in [4.69, 9.17) is 42.6 Å². The monoisotopic (exact) mass is 549 g/mol. The maximum Gasteiger partial charge on any atom is 0.216 e. The van der Waals surface area contributed by atoms with E-state index in [1.54, 1.807) is 30.3 Å². The minimum absolute atomic E-state index is 0.0908. The second-order valence-electron chi connectivity index (χ2n) is 7.64. The Morgan fingerprint density at radius 3 is 2.81 bits per heavy atom. The Balaban J connectivity index is 1.53. The van der Waals surface area contributed by atoms with E-state index in [-0.39, 0.29) is 24.9 Å². The zero-order valence-corrected chi connectivity index (χ0v) is 21.2. The lowest BCUT2D eigenvalue weighted by Gasteiger charge is -2.32. The third-order valence-electron chi connectivity index (χ3n) is 5.06. The predicted octanol–water partition coefficient (Wildman–Crippen LogP) is 3.52. The summed E-state index contributed by atoms with van der Waals surface area (Å²) in [5, 5.41) is 15.0. The van der Waals surface area contributed by atoms with E-state index in [1.807, 2.05) is 11.0 Å². The number of ether oxygens (including phenoxy) is 3. The van der Waals surface area contributed by atoms with Crippen LogP contribution in [0.15, 0.2) is 42.6 Å². The molecule has 188 valence electrons. The van der Waals surface area contributed by atoms with E-state index in [9.17, 15) is 13.7 Å². The molecule has 4 rings (SSSR count). The molecule has 0 atom stereocenters. The maximum absolute atomic E-state index is 11.3. The Morgan fingerprint density at radius 2 is 2.06 bits per heavy atom. The number of benzene rings is 2. The van der Waals surface area contributed by atoms with Crippen molar-refractivity contribution in [1.82, 2.24) is 9.97 Å². The number of hydrogen-bond acceptors (Lipinski definition) is 9. The predicted molar refractivity (Wildman–Crippen MR) is 135 cm³/mol. The third kappa shape index (κ3) is 6.27. The number of sulfonamides is 1. The van der Waals surface area contributed by atoms with Gasteiger partial charge in [-0.2, -0.15) is 5.26 Å². The lowest BCUT2D eigenvalue weighted by Crippen LogP contribution is -2.28. The maximum atomic E-state index is 11.3. The van der Waals surface area contributed by atoms with Crippen molar-refractivity contribution in [1.29, 1.82) is 5.26 Å². The van der Waals surface area contributed by atoms with Gasteiger partial charge in [0.25, 0.3) is 0 Å². The molecular weight excluding hydrogens is 529 g/mol. The van der Waals surface area contributed by atoms with Crippen molar-refractivity contribution >= 4 is 44.6 Å². The molecule has 2 N–H and O–H groups in total. The molecule has 1 aromatic heterocycles. The topological polar surface area (TPSA) is 141 Å². The Morgan fingerprint density at radius 1 is 1.22 bits per heavy atom. The number of aromatic nitrogens is 2. The molecule has 36 heavy (non-hydrogen) atoms. The van der Waals surface area contributed by atoms with Gasteiger partial charge in [-0.05, 0) is 30.3 Å². The van der Waals surface area contributed by atoms with Gasteiger partial charge in [-0.1, -0.05) is 11.6 Å². The van der Waals surface area contributed by atoms with Crippen molar-refractivity contribution in [2.45, 2.75) is 12.4 Å². The molecule has 0 amide bonds. The van der Waals surface area contributed by atoms with Gasteiger partial charge < -0.3 is 19.1 Å². The van der Waals surface area contributed by atoms with Gasteiger partial charge in [0, 0.05) is 18.0 Å². The highest BCUT2D eigenvalue weighted by molar-refractivity contribution is 7.88. The minimum Gasteiger partial charge on any atom is -0.489 e. The number of alkyl halides is 1. The van der Waals surface area contributed by atoms with E-state index in [0.29, 0.717) is 46.7 Å². The summed E-state index contributed by atoms with van der Waals surface area (Å²) >= 11 is 12.1. The van der Waals surface area contributed by atoms with E-state index >= 15 is 0 Å². The molecular formula is C23H21Cl2N5O5S. The van der Waals surface area contributed by atoms with Crippen LogP contribution in [0.2, 0.25) is 5.02 Å². The van der Waals surface area contributed by atoms with Crippen molar-refractivity contribution < 1.29 is 22.6 Å². The highest BCUT2D eigenvalue weighted by atomic mass is 35.5. The van der Waals surface area contributed by atoms with Crippen LogP contribution in [0.3, 0.4) is 0 Å². The van der Waals surface area contributed by atoms with Crippen LogP contribution in [0.1, 0.15) is 17.1 Å². The fraction of sp³-hybridized carbons (Fsp3) is 0.261. The van der Waals surface area contributed by atoms with Crippen molar-refractivity contribution in [3.05, 3.63) is 64.7 Å². The van der Waals surface area contributed by atoms with Crippen LogP contribution in [0, 0.1) is 11.3 Å². The first kappa shape index (κ1) is 25.8. The SMILES string of the molecule is N#Cc1cc(N2CCOc3cc(OCc4ccnc(CS(N)(=O)=O)n4)ccc32)cc(Cl)c1OCCCl. The highest BCUT2D eigenvalue weighted by Gasteiger charge is 2.23. The third-order valence-corrected chi connectivity index (χ3v) is 6.15. The number of primary sulfonamides is 1. The highest BCUT2D eigenvalue weighted by Crippen LogP contribution is 2.42. The van der Waals surface area contributed by atoms with Crippen LogP contribution >= 0.6 is 23.2 Å². The van der Waals surface area contributed by atoms with E-state index in [2.05, 4.69) is 16.0 Å². The van der Waals surface area contributed by atoms with Gasteiger partial charge in [-0.15, -0.1) is 11.6 Å². The van der Waals surface area contributed by atoms with Crippen LogP contribution in [-0.2, 0) is 22.4 Å². The molecule has 0 saturated heterocycles. The summed E-state index contributed by atoms with van der Waals surface area (Å²) < 4.78 is 39.8. The van der Waals surface area contributed by atoms with E-state index in [0.717, 1.165) is 11.4 Å². The molecule has 13 heteroatoms. The second-order valence-corrected chi connectivity index (χ2v) is 10.0. The van der Waals surface area contributed by atoms with Crippen LogP contribution in [0.25, 0.3) is 0 Å². The molecule has 1 aliphatic rings. The summed E-state index contributed by atoms with van der Waals surface area (Å²) in [5.41, 5.74) is 2.30. The smallest absolute Gasteiger partial charge is 0.216 e. The summed E-state index contributed by atoms with van der Waals surface area (Å²) in [6.07, 6.45) is 1.45. The van der Waals surface area contributed by atoms with Gasteiger partial charge in [0.1, 0.15) is 49.0 Å². The first-order valence-electron chi connectivity index (χ1n) is 10.7. The Hall–Kier alpha value is -3.30. The Labute approximate surface area is 218 Å². The standard InChI is InChI=1S/C23H21Cl2N5O5S/c24-4-7-34-23-15(12-26)9-17(10-19(23)25)30-6-8-33-21-11-18(1-2-20(21)30)35-13-16-3-5-28-22(29-16)14-36(27,31)32/h1-3,5,9-11H,4,6-8,13-14H2,(H2,27,31,32). The summed E-state index contributed by atoms with van der Waals surface area (Å²) in [5.74, 6) is 1.34. The molecule has 0 unspecified atom stereocenters. The summed E-state index contributed by atoms with van der Waals surface area (Å²) in [6, 6.07) is 12.6. The van der Waals surface area contributed by atoms with Gasteiger partial charge in [-0.25, -0.2) is 23.5 Å². The number of nitriles is 1. The quantitative estimate of drug-likeness (QED) is 0.396. The number of halogens is 2. The Bertz CT molecular complexity index is 1410. The summed E-state index contributed by atoms with van der Waals surface area (Å²) in [7, 11) is -3.74. The second kappa shape index (κ2) is 11.2. The molecule has 0 radical (unpaired) electrons. The molecule has 2 aromatic carbocycles. The molecule has 0 spiro atoms. The zero-order valence-electron chi connectivity index (χ0n) is 18.9. The Kier molecular flexibility index (Phi) is 8.01. The van der Waals surface area contributed by atoms with Gasteiger partial charge >= 0.3 is 0 Å². The normalized spacial score (nSPS) is 12.9. The fourth-order valence-corrected chi connectivity index (χ4v) is 4.44. The molecule has 2 heterocycles. The van der Waals surface area contributed by atoms with Gasteiger partial charge in [0.05, 0.1) is 34.4 Å². The molecule has 0 bridgehead atoms. The lowest BCUT2D eigenvalue weighted by atomic mass is 10.1. The number of nitrogens with two attached hydrogens (primary N) is 1. The number of fused-ring (bicyclic) bond motifs is 1. The summed E-state index contributed by atoms with van der Waals surface area (Å²) in [4.78, 5) is 10.1. The molecule has 0 aliphatic carbocycles. The first-order chi connectivity index (χ1) is 17.3. The van der Waals surface area contributed by atoms with Crippen molar-refractivity contribution in [3.8, 4) is 23.3 Å². The zero-order chi connectivity index (χ0) is 25.7. The molecule has 3 aromatic rings. The van der Waals surface area contributed by atoms with Gasteiger partial charge in [0.2, 0.25) is 10.0 Å². The van der Waals surface area contributed by atoms with E-state index in [1.165, 1.54) is 6.20 Å². The van der Waals surface area contributed by atoms with Gasteiger partial charge in [-0.3, -0.25) is 0 Å². The number of anilines is 2. The largest absolute Gasteiger partial charge is 0.489 e. The van der Waals surface area contributed by atoms with Crippen LogP contribution in [0.4, 0.5) is 11.4 Å². The first-order valence-corrected chi connectivity index (χ1v) is 13.3. The average Bonchev–Trinajstić information content (AvgIpc) is 2.85. The molecule has 10 nitrogen and oxygen atoms in total. The van der Waals surface area contributed by atoms with Crippen molar-refractivity contribution in [2.75, 3.05) is 30.5 Å². The van der Waals surface area contributed by atoms with Crippen molar-refractivity contribution in [2.24, 2.45) is 5.14 Å². The van der Waals surface area contributed by atoms with Gasteiger partial charge in [0.15, 0.2) is 5.75 Å². The fourth-order valence-electron chi connectivity index (χ4n) is 3.59. The van der Waals surface area contributed by atoms with Crippen LogP contribution < -0.4 is 24.2 Å². The average molecular weight is 550 g/mol. The number of hydrogen-bond donors (Lipinski definition) is 1. The van der Waals surface area contributed by atoms with Crippen LogP contribution in [-0.4, -0.2) is 44.0 Å². The number of rotatable bonds is 9. The van der Waals surface area contributed by atoms with Crippen molar-refractivity contribution in [3.63, 3.8) is 0 Å².